The Morgan fingerprint density at radius 2 is 1.72 bits per heavy atom. The molecule has 0 heterocycles. The summed E-state index contributed by atoms with van der Waals surface area (Å²) < 4.78 is 10.1. The molecular formula is C14H24O4. The predicted octanol–water partition coefficient (Wildman–Crippen LogP) is 2.70. The molecule has 0 aromatic carbocycles. The summed E-state index contributed by atoms with van der Waals surface area (Å²) in [5, 5.41) is 0. The van der Waals surface area contributed by atoms with Crippen molar-refractivity contribution in [3.05, 3.63) is 0 Å². The second-order valence-electron chi connectivity index (χ2n) is 4.98. The van der Waals surface area contributed by atoms with Crippen LogP contribution in [-0.2, 0) is 19.1 Å². The summed E-state index contributed by atoms with van der Waals surface area (Å²) in [6, 6.07) is 0. The van der Waals surface area contributed by atoms with Crippen LogP contribution in [0.15, 0.2) is 0 Å². The van der Waals surface area contributed by atoms with E-state index in [1.165, 1.54) is 6.42 Å². The Labute approximate surface area is 109 Å². The Morgan fingerprint density at radius 3 is 2.33 bits per heavy atom. The van der Waals surface area contributed by atoms with Crippen molar-refractivity contribution in [1.29, 1.82) is 0 Å². The number of esters is 2. The molecule has 0 radical (unpaired) electrons. The van der Waals surface area contributed by atoms with Gasteiger partial charge in [-0.2, -0.15) is 0 Å². The minimum absolute atomic E-state index is 0.0593. The molecule has 4 nitrogen and oxygen atoms in total. The fourth-order valence-electron chi connectivity index (χ4n) is 2.05. The molecule has 1 atom stereocenters. The molecular weight excluding hydrogens is 232 g/mol. The van der Waals surface area contributed by atoms with Gasteiger partial charge in [0.2, 0.25) is 0 Å². The van der Waals surface area contributed by atoms with E-state index in [4.69, 9.17) is 9.47 Å². The third-order valence-electron chi connectivity index (χ3n) is 3.53. The monoisotopic (exact) mass is 256 g/mol. The molecule has 1 saturated carbocycles. The Balaban J connectivity index is 2.10. The van der Waals surface area contributed by atoms with Crippen molar-refractivity contribution in [3.63, 3.8) is 0 Å². The maximum absolute atomic E-state index is 11.7. The Hall–Kier alpha value is -1.06. The lowest BCUT2D eigenvalue weighted by molar-refractivity contribution is -0.157. The van der Waals surface area contributed by atoms with Gasteiger partial charge in [0.15, 0.2) is 0 Å². The van der Waals surface area contributed by atoms with Gasteiger partial charge in [0, 0.05) is 0 Å². The Morgan fingerprint density at radius 1 is 1.11 bits per heavy atom. The summed E-state index contributed by atoms with van der Waals surface area (Å²) in [5.74, 6) is -0.372. The molecule has 0 amide bonds. The summed E-state index contributed by atoms with van der Waals surface area (Å²) in [4.78, 5) is 23.0. The van der Waals surface area contributed by atoms with E-state index >= 15 is 0 Å². The van der Waals surface area contributed by atoms with Crippen LogP contribution in [0.2, 0.25) is 0 Å². The van der Waals surface area contributed by atoms with Gasteiger partial charge in [-0.3, -0.25) is 9.59 Å². The number of hydrogen-bond donors (Lipinski definition) is 0. The van der Waals surface area contributed by atoms with Crippen LogP contribution in [0.5, 0.6) is 0 Å². The highest BCUT2D eigenvalue weighted by molar-refractivity contribution is 5.73. The van der Waals surface area contributed by atoms with E-state index in [9.17, 15) is 9.59 Å². The highest BCUT2D eigenvalue weighted by Crippen LogP contribution is 2.24. The lowest BCUT2D eigenvalue weighted by Gasteiger charge is -2.19. The summed E-state index contributed by atoms with van der Waals surface area (Å²) in [6.45, 7) is 4.12. The first-order valence-corrected chi connectivity index (χ1v) is 6.98. The van der Waals surface area contributed by atoms with Crippen molar-refractivity contribution in [2.45, 2.75) is 52.4 Å². The average Bonchev–Trinajstić information content (AvgIpc) is 2.43. The maximum atomic E-state index is 11.7. The minimum Gasteiger partial charge on any atom is -0.462 e. The smallest absolute Gasteiger partial charge is 0.309 e. The van der Waals surface area contributed by atoms with Crippen LogP contribution in [0.25, 0.3) is 0 Å². The number of carbonyl (C=O) groups is 2. The van der Waals surface area contributed by atoms with E-state index in [-0.39, 0.29) is 37.0 Å². The standard InChI is InChI=1S/C14H24O4/c1-3-11(2)13(15)17-9-10-18-14(16)12-7-5-4-6-8-12/h11-12H,3-10H2,1-2H3. The summed E-state index contributed by atoms with van der Waals surface area (Å²) in [7, 11) is 0. The van der Waals surface area contributed by atoms with E-state index in [1.807, 2.05) is 13.8 Å². The number of ether oxygens (including phenoxy) is 2. The van der Waals surface area contributed by atoms with Gasteiger partial charge in [-0.05, 0) is 19.3 Å². The number of hydrogen-bond acceptors (Lipinski definition) is 4. The first kappa shape index (κ1) is 15.0. The molecule has 1 aliphatic carbocycles. The molecule has 1 fully saturated rings. The Bertz CT molecular complexity index is 269. The van der Waals surface area contributed by atoms with Gasteiger partial charge in [0.1, 0.15) is 13.2 Å². The third kappa shape index (κ3) is 5.07. The highest BCUT2D eigenvalue weighted by Gasteiger charge is 2.22. The van der Waals surface area contributed by atoms with Crippen molar-refractivity contribution in [3.8, 4) is 0 Å². The third-order valence-corrected chi connectivity index (χ3v) is 3.53. The molecule has 104 valence electrons. The first-order chi connectivity index (χ1) is 8.65. The molecule has 1 unspecified atom stereocenters. The lowest BCUT2D eigenvalue weighted by atomic mass is 9.89. The molecule has 1 rings (SSSR count). The molecule has 0 N–H and O–H groups in total. The second-order valence-corrected chi connectivity index (χ2v) is 4.98. The van der Waals surface area contributed by atoms with Gasteiger partial charge in [-0.1, -0.05) is 33.1 Å². The molecule has 0 saturated heterocycles. The van der Waals surface area contributed by atoms with Crippen molar-refractivity contribution in [2.24, 2.45) is 11.8 Å². The molecule has 4 heteroatoms. The fraction of sp³-hybridized carbons (Fsp3) is 0.857. The van der Waals surface area contributed by atoms with Gasteiger partial charge < -0.3 is 9.47 Å². The fourth-order valence-corrected chi connectivity index (χ4v) is 2.05. The zero-order valence-corrected chi connectivity index (χ0v) is 11.4. The van der Waals surface area contributed by atoms with Crippen LogP contribution in [0, 0.1) is 11.8 Å². The normalized spacial score (nSPS) is 18.1. The molecule has 0 aromatic heterocycles. The minimum atomic E-state index is -0.216. The molecule has 0 bridgehead atoms. The van der Waals surface area contributed by atoms with Gasteiger partial charge in [0.05, 0.1) is 11.8 Å². The summed E-state index contributed by atoms with van der Waals surface area (Å²) >= 11 is 0. The second kappa shape index (κ2) is 8.11. The van der Waals surface area contributed by atoms with Crippen LogP contribution in [0.1, 0.15) is 52.4 Å². The van der Waals surface area contributed by atoms with E-state index in [2.05, 4.69) is 0 Å². The highest BCUT2D eigenvalue weighted by atomic mass is 16.6. The van der Waals surface area contributed by atoms with Crippen LogP contribution < -0.4 is 0 Å². The first-order valence-electron chi connectivity index (χ1n) is 6.98. The Kier molecular flexibility index (Phi) is 6.76. The summed E-state index contributed by atoms with van der Waals surface area (Å²) in [6.07, 6.45) is 6.08. The van der Waals surface area contributed by atoms with Crippen molar-refractivity contribution >= 4 is 11.9 Å². The lowest BCUT2D eigenvalue weighted by Crippen LogP contribution is -2.23. The van der Waals surface area contributed by atoms with E-state index in [0.29, 0.717) is 0 Å². The molecule has 0 spiro atoms. The molecule has 18 heavy (non-hydrogen) atoms. The van der Waals surface area contributed by atoms with Crippen molar-refractivity contribution in [2.75, 3.05) is 13.2 Å². The molecule has 0 aliphatic heterocycles. The predicted molar refractivity (Wildman–Crippen MR) is 67.9 cm³/mol. The van der Waals surface area contributed by atoms with Crippen LogP contribution in [-0.4, -0.2) is 25.2 Å². The zero-order valence-electron chi connectivity index (χ0n) is 11.4. The number of rotatable bonds is 6. The van der Waals surface area contributed by atoms with E-state index < -0.39 is 0 Å². The topological polar surface area (TPSA) is 52.6 Å². The molecule has 0 aromatic rings. The van der Waals surface area contributed by atoms with E-state index in [1.54, 1.807) is 0 Å². The van der Waals surface area contributed by atoms with Crippen molar-refractivity contribution < 1.29 is 19.1 Å². The van der Waals surface area contributed by atoms with Gasteiger partial charge in [-0.25, -0.2) is 0 Å². The van der Waals surface area contributed by atoms with Crippen LogP contribution in [0.4, 0.5) is 0 Å². The van der Waals surface area contributed by atoms with E-state index in [0.717, 1.165) is 32.1 Å². The van der Waals surface area contributed by atoms with Crippen LogP contribution in [0.3, 0.4) is 0 Å². The summed E-state index contributed by atoms with van der Waals surface area (Å²) in [5.41, 5.74) is 0. The average molecular weight is 256 g/mol. The largest absolute Gasteiger partial charge is 0.462 e. The van der Waals surface area contributed by atoms with Crippen molar-refractivity contribution in [1.82, 2.24) is 0 Å². The number of carbonyl (C=O) groups excluding carboxylic acids is 2. The molecule has 1 aliphatic rings. The zero-order chi connectivity index (χ0) is 13.4. The van der Waals surface area contributed by atoms with Crippen LogP contribution >= 0.6 is 0 Å². The SMILES string of the molecule is CCC(C)C(=O)OCCOC(=O)C1CCCCC1. The van der Waals surface area contributed by atoms with Gasteiger partial charge in [0.25, 0.3) is 0 Å². The van der Waals surface area contributed by atoms with Gasteiger partial charge >= 0.3 is 11.9 Å². The van der Waals surface area contributed by atoms with Gasteiger partial charge in [-0.15, -0.1) is 0 Å². The maximum Gasteiger partial charge on any atom is 0.309 e. The quantitative estimate of drug-likeness (QED) is 0.541.